The number of carbonyl (C=O) groups excluding carboxylic acids is 1. The number of benzene rings is 1. The first kappa shape index (κ1) is 9.76. The summed E-state index contributed by atoms with van der Waals surface area (Å²) in [6.07, 6.45) is 0.520. The second kappa shape index (κ2) is 4.16. The minimum atomic E-state index is -0.319. The SMILES string of the molecule is O=C1N[C@H](c2ccccc2I)CCO1. The quantitative estimate of drug-likeness (QED) is 0.809. The molecule has 1 aromatic rings. The molecule has 1 aliphatic heterocycles. The van der Waals surface area contributed by atoms with Crippen LogP contribution in [0.5, 0.6) is 0 Å². The van der Waals surface area contributed by atoms with Gasteiger partial charge in [0.2, 0.25) is 0 Å². The van der Waals surface area contributed by atoms with Crippen LogP contribution in [0.4, 0.5) is 4.79 Å². The smallest absolute Gasteiger partial charge is 0.407 e. The van der Waals surface area contributed by atoms with Crippen molar-refractivity contribution >= 4 is 28.7 Å². The van der Waals surface area contributed by atoms with Gasteiger partial charge in [-0.2, -0.15) is 0 Å². The van der Waals surface area contributed by atoms with Crippen molar-refractivity contribution in [1.29, 1.82) is 0 Å². The lowest BCUT2D eigenvalue weighted by molar-refractivity contribution is 0.115. The minimum Gasteiger partial charge on any atom is -0.449 e. The van der Waals surface area contributed by atoms with Crippen LogP contribution in [-0.2, 0) is 4.74 Å². The second-order valence-corrected chi connectivity index (χ2v) is 4.31. The molecule has 14 heavy (non-hydrogen) atoms. The molecule has 0 saturated carbocycles. The van der Waals surface area contributed by atoms with Gasteiger partial charge in [-0.1, -0.05) is 18.2 Å². The number of rotatable bonds is 1. The van der Waals surface area contributed by atoms with Crippen LogP contribution in [0, 0.1) is 3.57 Å². The van der Waals surface area contributed by atoms with Gasteiger partial charge in [0.05, 0.1) is 12.6 Å². The molecule has 1 fully saturated rings. The summed E-state index contributed by atoms with van der Waals surface area (Å²) in [6, 6.07) is 8.16. The molecule has 0 unspecified atom stereocenters. The lowest BCUT2D eigenvalue weighted by atomic mass is 10.0. The van der Waals surface area contributed by atoms with Crippen LogP contribution in [0.25, 0.3) is 0 Å². The Hall–Kier alpha value is -0.780. The molecule has 4 heteroatoms. The zero-order chi connectivity index (χ0) is 9.97. The van der Waals surface area contributed by atoms with E-state index < -0.39 is 0 Å². The molecule has 1 amide bonds. The van der Waals surface area contributed by atoms with Gasteiger partial charge in [-0.15, -0.1) is 0 Å². The highest BCUT2D eigenvalue weighted by molar-refractivity contribution is 14.1. The van der Waals surface area contributed by atoms with Crippen LogP contribution in [0.1, 0.15) is 18.0 Å². The van der Waals surface area contributed by atoms with Crippen LogP contribution in [0.3, 0.4) is 0 Å². The Kier molecular flexibility index (Phi) is 2.90. The van der Waals surface area contributed by atoms with Gasteiger partial charge in [0.15, 0.2) is 0 Å². The fraction of sp³-hybridized carbons (Fsp3) is 0.300. The molecule has 1 aromatic carbocycles. The third-order valence-corrected chi connectivity index (χ3v) is 3.19. The van der Waals surface area contributed by atoms with E-state index in [2.05, 4.69) is 27.9 Å². The van der Waals surface area contributed by atoms with Gasteiger partial charge in [-0.25, -0.2) is 4.79 Å². The van der Waals surface area contributed by atoms with Crippen LogP contribution in [-0.4, -0.2) is 12.7 Å². The van der Waals surface area contributed by atoms with Gasteiger partial charge in [-0.05, 0) is 34.2 Å². The molecule has 0 bridgehead atoms. The molecular weight excluding hydrogens is 293 g/mol. The molecule has 74 valence electrons. The standard InChI is InChI=1S/C10H10INO2/c11-8-4-2-1-3-7(8)9-5-6-14-10(13)12-9/h1-4,9H,5-6H2,(H,12,13)/t9-/m0/s1. The Balaban J connectivity index is 2.22. The third kappa shape index (κ3) is 2.00. The Bertz CT molecular complexity index is 354. The molecule has 1 saturated heterocycles. The summed E-state index contributed by atoms with van der Waals surface area (Å²) >= 11 is 2.28. The number of hydrogen-bond donors (Lipinski definition) is 1. The zero-order valence-corrected chi connectivity index (χ0v) is 9.65. The molecule has 2 rings (SSSR count). The van der Waals surface area contributed by atoms with E-state index in [1.807, 2.05) is 24.3 Å². The predicted octanol–water partition coefficient (Wildman–Crippen LogP) is 2.46. The van der Waals surface area contributed by atoms with Crippen molar-refractivity contribution in [2.45, 2.75) is 12.5 Å². The lowest BCUT2D eigenvalue weighted by Crippen LogP contribution is -2.35. The highest BCUT2D eigenvalue weighted by atomic mass is 127. The molecule has 1 atom stereocenters. The summed E-state index contributed by atoms with van der Waals surface area (Å²) in [5, 5.41) is 2.81. The van der Waals surface area contributed by atoms with Gasteiger partial charge >= 0.3 is 6.09 Å². The molecule has 0 spiro atoms. The number of carbonyl (C=O) groups is 1. The monoisotopic (exact) mass is 303 g/mol. The van der Waals surface area contributed by atoms with E-state index in [0.29, 0.717) is 6.61 Å². The number of hydrogen-bond acceptors (Lipinski definition) is 2. The number of halogens is 1. The van der Waals surface area contributed by atoms with E-state index in [4.69, 9.17) is 4.74 Å². The van der Waals surface area contributed by atoms with Gasteiger partial charge < -0.3 is 10.1 Å². The van der Waals surface area contributed by atoms with E-state index in [9.17, 15) is 4.79 Å². The number of ether oxygens (including phenoxy) is 1. The Morgan fingerprint density at radius 3 is 2.93 bits per heavy atom. The summed E-state index contributed by atoms with van der Waals surface area (Å²) in [5.41, 5.74) is 1.17. The van der Waals surface area contributed by atoms with Crippen LogP contribution in [0.15, 0.2) is 24.3 Å². The van der Waals surface area contributed by atoms with E-state index in [1.54, 1.807) is 0 Å². The normalized spacial score (nSPS) is 21.2. The van der Waals surface area contributed by atoms with E-state index in [1.165, 1.54) is 9.13 Å². The molecule has 1 heterocycles. The maximum absolute atomic E-state index is 11.0. The predicted molar refractivity (Wildman–Crippen MR) is 61.0 cm³/mol. The minimum absolute atomic E-state index is 0.101. The fourth-order valence-electron chi connectivity index (χ4n) is 1.52. The van der Waals surface area contributed by atoms with Crippen molar-refractivity contribution in [3.63, 3.8) is 0 Å². The molecule has 0 radical (unpaired) electrons. The number of cyclic esters (lactones) is 1. The van der Waals surface area contributed by atoms with Gasteiger partial charge in [0.25, 0.3) is 0 Å². The maximum Gasteiger partial charge on any atom is 0.407 e. The van der Waals surface area contributed by atoms with Crippen molar-refractivity contribution in [2.75, 3.05) is 6.61 Å². The van der Waals surface area contributed by atoms with Gasteiger partial charge in [0.1, 0.15) is 0 Å². The van der Waals surface area contributed by atoms with Crippen LogP contribution in [0.2, 0.25) is 0 Å². The molecule has 3 nitrogen and oxygen atoms in total. The van der Waals surface area contributed by atoms with E-state index in [0.717, 1.165) is 6.42 Å². The summed E-state index contributed by atoms with van der Waals surface area (Å²) in [5.74, 6) is 0. The third-order valence-electron chi connectivity index (χ3n) is 2.21. The van der Waals surface area contributed by atoms with Crippen molar-refractivity contribution in [1.82, 2.24) is 5.32 Å². The first-order valence-electron chi connectivity index (χ1n) is 4.45. The Morgan fingerprint density at radius 1 is 1.43 bits per heavy atom. The largest absolute Gasteiger partial charge is 0.449 e. The molecular formula is C10H10INO2. The average Bonchev–Trinajstić information content (AvgIpc) is 2.18. The molecule has 1 N–H and O–H groups in total. The number of alkyl carbamates (subject to hydrolysis) is 1. The Morgan fingerprint density at radius 2 is 2.21 bits per heavy atom. The zero-order valence-electron chi connectivity index (χ0n) is 7.50. The summed E-state index contributed by atoms with van der Waals surface area (Å²) in [7, 11) is 0. The van der Waals surface area contributed by atoms with Crippen molar-refractivity contribution in [2.24, 2.45) is 0 Å². The van der Waals surface area contributed by atoms with Crippen LogP contribution < -0.4 is 5.32 Å². The maximum atomic E-state index is 11.0. The van der Waals surface area contributed by atoms with Crippen molar-refractivity contribution in [3.05, 3.63) is 33.4 Å². The highest BCUT2D eigenvalue weighted by Gasteiger charge is 2.21. The summed E-state index contributed by atoms with van der Waals surface area (Å²) in [4.78, 5) is 11.0. The van der Waals surface area contributed by atoms with Crippen molar-refractivity contribution < 1.29 is 9.53 Å². The molecule has 1 aliphatic rings. The average molecular weight is 303 g/mol. The first-order valence-corrected chi connectivity index (χ1v) is 5.53. The van der Waals surface area contributed by atoms with Crippen LogP contribution >= 0.6 is 22.6 Å². The lowest BCUT2D eigenvalue weighted by Gasteiger charge is -2.24. The topological polar surface area (TPSA) is 38.3 Å². The fourth-order valence-corrected chi connectivity index (χ4v) is 2.28. The summed E-state index contributed by atoms with van der Waals surface area (Å²) in [6.45, 7) is 0.501. The van der Waals surface area contributed by atoms with Crippen molar-refractivity contribution in [3.8, 4) is 0 Å². The molecule has 0 aromatic heterocycles. The number of amides is 1. The second-order valence-electron chi connectivity index (χ2n) is 3.14. The van der Waals surface area contributed by atoms with Gasteiger partial charge in [-0.3, -0.25) is 0 Å². The summed E-state index contributed by atoms with van der Waals surface area (Å²) < 4.78 is 6.00. The van der Waals surface area contributed by atoms with E-state index in [-0.39, 0.29) is 12.1 Å². The highest BCUT2D eigenvalue weighted by Crippen LogP contribution is 2.24. The Labute approximate surface area is 96.0 Å². The van der Waals surface area contributed by atoms with Gasteiger partial charge in [0, 0.05) is 9.99 Å². The number of nitrogens with one attached hydrogen (secondary N) is 1. The first-order chi connectivity index (χ1) is 6.77. The molecule has 0 aliphatic carbocycles. The van der Waals surface area contributed by atoms with E-state index >= 15 is 0 Å².